The fraction of sp³-hybridized carbons (Fsp3) is 0.429. The van der Waals surface area contributed by atoms with Crippen LogP contribution in [-0.4, -0.2) is 11.9 Å². The van der Waals surface area contributed by atoms with Crippen molar-refractivity contribution in [2.45, 2.75) is 13.8 Å². The summed E-state index contributed by atoms with van der Waals surface area (Å²) < 4.78 is 0. The van der Waals surface area contributed by atoms with Crippen molar-refractivity contribution in [3.63, 3.8) is 0 Å². The van der Waals surface area contributed by atoms with Gasteiger partial charge in [-0.1, -0.05) is 17.4 Å². The van der Waals surface area contributed by atoms with Crippen LogP contribution in [-0.2, 0) is 4.89 Å². The smallest absolute Gasteiger partial charge is 0.143 e. The Balaban J connectivity index is 3.49. The van der Waals surface area contributed by atoms with Gasteiger partial charge in [0.1, 0.15) is 6.61 Å². The van der Waals surface area contributed by atoms with Gasteiger partial charge in [-0.3, -0.25) is 5.26 Å². The maximum absolute atomic E-state index is 7.81. The summed E-state index contributed by atoms with van der Waals surface area (Å²) in [5.74, 6) is 5.26. The van der Waals surface area contributed by atoms with Gasteiger partial charge in [0.2, 0.25) is 0 Å². The molecule has 0 aliphatic carbocycles. The first kappa shape index (κ1) is 8.22. The zero-order chi connectivity index (χ0) is 7.11. The molecule has 0 rings (SSSR count). The standard InChI is InChI=1S/C7H10O2/c1-7(2)5-3-4-6-9-8/h5,8H,6H2,1-2H3. The van der Waals surface area contributed by atoms with E-state index in [-0.39, 0.29) is 6.61 Å². The Labute approximate surface area is 55.1 Å². The molecule has 9 heavy (non-hydrogen) atoms. The molecular weight excluding hydrogens is 116 g/mol. The Morgan fingerprint density at radius 1 is 1.67 bits per heavy atom. The highest BCUT2D eigenvalue weighted by Gasteiger charge is 1.69. The molecule has 0 aliphatic heterocycles. The minimum absolute atomic E-state index is 0.0732. The van der Waals surface area contributed by atoms with Crippen LogP contribution < -0.4 is 0 Å². The van der Waals surface area contributed by atoms with Gasteiger partial charge < -0.3 is 0 Å². The lowest BCUT2D eigenvalue weighted by molar-refractivity contribution is -0.229. The molecule has 0 aromatic heterocycles. The molecule has 2 heteroatoms. The van der Waals surface area contributed by atoms with Gasteiger partial charge in [-0.15, -0.1) is 0 Å². The predicted molar refractivity (Wildman–Crippen MR) is 35.8 cm³/mol. The van der Waals surface area contributed by atoms with Gasteiger partial charge in [0.15, 0.2) is 0 Å². The van der Waals surface area contributed by atoms with E-state index in [9.17, 15) is 0 Å². The third-order valence-electron chi connectivity index (χ3n) is 0.600. The van der Waals surface area contributed by atoms with E-state index in [1.807, 2.05) is 13.8 Å². The molecule has 0 aromatic carbocycles. The number of rotatable bonds is 1. The van der Waals surface area contributed by atoms with E-state index >= 15 is 0 Å². The fourth-order valence-electron chi connectivity index (χ4n) is 0.269. The second-order valence-corrected chi connectivity index (χ2v) is 1.82. The van der Waals surface area contributed by atoms with Gasteiger partial charge in [-0.2, -0.15) is 0 Å². The largest absolute Gasteiger partial charge is 0.251 e. The SMILES string of the molecule is CC(C)=CC#CCOO. The summed E-state index contributed by atoms with van der Waals surface area (Å²) >= 11 is 0. The molecule has 50 valence electrons. The molecule has 0 radical (unpaired) electrons. The van der Waals surface area contributed by atoms with Crippen LogP contribution in [0.2, 0.25) is 0 Å². The lowest BCUT2D eigenvalue weighted by atomic mass is 10.3. The van der Waals surface area contributed by atoms with Crippen LogP contribution >= 0.6 is 0 Å². The Morgan fingerprint density at radius 2 is 2.33 bits per heavy atom. The molecular formula is C7H10O2. The number of allylic oxidation sites excluding steroid dienone is 2. The van der Waals surface area contributed by atoms with Gasteiger partial charge >= 0.3 is 0 Å². The third kappa shape index (κ3) is 7.22. The Bertz CT molecular complexity index is 144. The molecule has 2 nitrogen and oxygen atoms in total. The molecule has 0 spiro atoms. The normalized spacial score (nSPS) is 7.44. The van der Waals surface area contributed by atoms with Crippen molar-refractivity contribution in [3.05, 3.63) is 11.6 Å². The Morgan fingerprint density at radius 3 is 2.78 bits per heavy atom. The monoisotopic (exact) mass is 126 g/mol. The summed E-state index contributed by atoms with van der Waals surface area (Å²) in [6.45, 7) is 3.98. The molecule has 0 saturated carbocycles. The van der Waals surface area contributed by atoms with Crippen LogP contribution in [0, 0.1) is 11.8 Å². The highest BCUT2D eigenvalue weighted by atomic mass is 17.1. The van der Waals surface area contributed by atoms with E-state index in [1.54, 1.807) is 6.08 Å². The van der Waals surface area contributed by atoms with Crippen LogP contribution in [0.5, 0.6) is 0 Å². The van der Waals surface area contributed by atoms with Crippen molar-refractivity contribution >= 4 is 0 Å². The molecule has 0 aliphatic rings. The molecule has 0 bridgehead atoms. The summed E-state index contributed by atoms with van der Waals surface area (Å²) in [6, 6.07) is 0. The van der Waals surface area contributed by atoms with E-state index in [1.165, 1.54) is 0 Å². The van der Waals surface area contributed by atoms with E-state index in [0.717, 1.165) is 5.57 Å². The molecule has 0 unspecified atom stereocenters. The van der Waals surface area contributed by atoms with Gasteiger partial charge in [-0.05, 0) is 19.9 Å². The van der Waals surface area contributed by atoms with Crippen LogP contribution in [0.3, 0.4) is 0 Å². The predicted octanol–water partition coefficient (Wildman–Crippen LogP) is 1.45. The molecule has 1 N–H and O–H groups in total. The summed E-state index contributed by atoms with van der Waals surface area (Å²) in [5.41, 5.74) is 1.14. The quantitative estimate of drug-likeness (QED) is 0.327. The highest BCUT2D eigenvalue weighted by molar-refractivity contribution is 5.18. The van der Waals surface area contributed by atoms with Gasteiger partial charge in [0.05, 0.1) is 0 Å². The first-order valence-corrected chi connectivity index (χ1v) is 2.65. The highest BCUT2D eigenvalue weighted by Crippen LogP contribution is 1.83. The second-order valence-electron chi connectivity index (χ2n) is 1.82. The van der Waals surface area contributed by atoms with Crippen molar-refractivity contribution in [3.8, 4) is 11.8 Å². The summed E-state index contributed by atoms with van der Waals surface area (Å²) in [4.78, 5) is 3.72. The maximum Gasteiger partial charge on any atom is 0.143 e. The second kappa shape index (κ2) is 5.36. The average Bonchev–Trinajstić information content (AvgIpc) is 1.80. The zero-order valence-electron chi connectivity index (χ0n) is 5.64. The molecule has 0 heterocycles. The average molecular weight is 126 g/mol. The number of hydrogen-bond donors (Lipinski definition) is 1. The molecule has 0 fully saturated rings. The van der Waals surface area contributed by atoms with Crippen LogP contribution in [0.1, 0.15) is 13.8 Å². The van der Waals surface area contributed by atoms with E-state index < -0.39 is 0 Å². The van der Waals surface area contributed by atoms with Gasteiger partial charge in [0, 0.05) is 0 Å². The van der Waals surface area contributed by atoms with E-state index in [2.05, 4.69) is 16.7 Å². The van der Waals surface area contributed by atoms with Crippen molar-refractivity contribution in [2.24, 2.45) is 0 Å². The minimum Gasteiger partial charge on any atom is -0.251 e. The van der Waals surface area contributed by atoms with Crippen molar-refractivity contribution < 1.29 is 10.1 Å². The fourth-order valence-corrected chi connectivity index (χ4v) is 0.269. The van der Waals surface area contributed by atoms with Gasteiger partial charge in [0.25, 0.3) is 0 Å². The molecule has 0 aromatic rings. The Kier molecular flexibility index (Phi) is 4.89. The van der Waals surface area contributed by atoms with Crippen LogP contribution in [0.15, 0.2) is 11.6 Å². The number of hydrogen-bond acceptors (Lipinski definition) is 2. The first-order chi connectivity index (χ1) is 4.27. The Hall–Kier alpha value is -0.780. The van der Waals surface area contributed by atoms with E-state index in [0.29, 0.717) is 0 Å². The molecule has 0 saturated heterocycles. The van der Waals surface area contributed by atoms with Crippen molar-refractivity contribution in [1.29, 1.82) is 0 Å². The minimum atomic E-state index is 0.0732. The van der Waals surface area contributed by atoms with Gasteiger partial charge in [-0.25, -0.2) is 4.89 Å². The zero-order valence-corrected chi connectivity index (χ0v) is 5.64. The summed E-state index contributed by atoms with van der Waals surface area (Å²) in [5, 5.41) is 7.81. The maximum atomic E-state index is 7.81. The first-order valence-electron chi connectivity index (χ1n) is 2.65. The topological polar surface area (TPSA) is 29.5 Å². The van der Waals surface area contributed by atoms with Crippen LogP contribution in [0.25, 0.3) is 0 Å². The summed E-state index contributed by atoms with van der Waals surface area (Å²) in [7, 11) is 0. The lowest BCUT2D eigenvalue weighted by Crippen LogP contribution is -1.80. The van der Waals surface area contributed by atoms with E-state index in [4.69, 9.17) is 5.26 Å². The summed E-state index contributed by atoms with van der Waals surface area (Å²) in [6.07, 6.45) is 1.76. The molecule has 0 amide bonds. The van der Waals surface area contributed by atoms with Crippen molar-refractivity contribution in [2.75, 3.05) is 6.61 Å². The van der Waals surface area contributed by atoms with Crippen molar-refractivity contribution in [1.82, 2.24) is 0 Å². The molecule has 0 atom stereocenters. The lowest BCUT2D eigenvalue weighted by Gasteiger charge is -1.79. The van der Waals surface area contributed by atoms with Crippen LogP contribution in [0.4, 0.5) is 0 Å². The third-order valence-corrected chi connectivity index (χ3v) is 0.600.